The fraction of sp³-hybridized carbons (Fsp3) is 0.0833. The van der Waals surface area contributed by atoms with Crippen molar-refractivity contribution >= 4 is 21.0 Å². The Labute approximate surface area is 90.9 Å². The molecular formula is C12H12NOP. The van der Waals surface area contributed by atoms with Crippen LogP contribution < -0.4 is 5.44 Å². The molecule has 0 spiro atoms. The summed E-state index contributed by atoms with van der Waals surface area (Å²) in [6.07, 6.45) is 0.904. The van der Waals surface area contributed by atoms with Crippen molar-refractivity contribution in [2.24, 2.45) is 0 Å². The van der Waals surface area contributed by atoms with Gasteiger partial charge in [-0.3, -0.25) is 4.79 Å². The second kappa shape index (κ2) is 4.00. The lowest BCUT2D eigenvalue weighted by molar-refractivity contribution is 0.112. The molecule has 1 unspecified atom stereocenters. The van der Waals surface area contributed by atoms with Gasteiger partial charge < -0.3 is 4.98 Å². The maximum absolute atomic E-state index is 11.0. The molecule has 1 atom stereocenters. The van der Waals surface area contributed by atoms with Crippen LogP contribution in [0.4, 0.5) is 0 Å². The molecule has 1 aromatic heterocycles. The van der Waals surface area contributed by atoms with Gasteiger partial charge in [-0.15, -0.1) is 0 Å². The molecule has 1 aromatic carbocycles. The predicted molar refractivity (Wildman–Crippen MR) is 65.7 cm³/mol. The normalized spacial score (nSPS) is 10.3. The van der Waals surface area contributed by atoms with E-state index in [9.17, 15) is 4.79 Å². The van der Waals surface area contributed by atoms with Crippen LogP contribution in [-0.2, 0) is 0 Å². The predicted octanol–water partition coefficient (Wildman–Crippen LogP) is 2.30. The number of aldehydes is 1. The van der Waals surface area contributed by atoms with Gasteiger partial charge in [0.25, 0.3) is 0 Å². The summed E-state index contributed by atoms with van der Waals surface area (Å²) in [4.78, 5) is 14.2. The molecule has 15 heavy (non-hydrogen) atoms. The van der Waals surface area contributed by atoms with E-state index in [0.717, 1.165) is 34.1 Å². The van der Waals surface area contributed by atoms with Crippen molar-refractivity contribution in [3.8, 4) is 11.3 Å². The Hall–Kier alpha value is -1.40. The molecule has 0 aliphatic heterocycles. The molecule has 0 aliphatic rings. The number of hydrogen-bond donors (Lipinski definition) is 1. The SMILES string of the molecule is Cc1c(P)[nH]c(-c2ccccc2)c1C=O. The summed E-state index contributed by atoms with van der Waals surface area (Å²) >= 11 is 0. The topological polar surface area (TPSA) is 32.9 Å². The Bertz CT molecular complexity index is 488. The lowest BCUT2D eigenvalue weighted by atomic mass is 10.1. The van der Waals surface area contributed by atoms with Gasteiger partial charge in [0.2, 0.25) is 0 Å². The summed E-state index contributed by atoms with van der Waals surface area (Å²) in [5.74, 6) is 0. The quantitative estimate of drug-likeness (QED) is 0.607. The van der Waals surface area contributed by atoms with E-state index in [4.69, 9.17) is 0 Å². The van der Waals surface area contributed by atoms with E-state index >= 15 is 0 Å². The molecule has 2 nitrogen and oxygen atoms in total. The number of carbonyl (C=O) groups excluding carboxylic acids is 1. The summed E-state index contributed by atoms with van der Waals surface area (Å²) in [5, 5.41) is 0. The second-order valence-electron chi connectivity index (χ2n) is 3.44. The van der Waals surface area contributed by atoms with Gasteiger partial charge in [-0.25, -0.2) is 0 Å². The van der Waals surface area contributed by atoms with E-state index < -0.39 is 0 Å². The fourth-order valence-electron chi connectivity index (χ4n) is 1.61. The first-order valence-corrected chi connectivity index (χ1v) is 5.30. The highest BCUT2D eigenvalue weighted by Crippen LogP contribution is 2.23. The van der Waals surface area contributed by atoms with Gasteiger partial charge in [0.15, 0.2) is 6.29 Å². The van der Waals surface area contributed by atoms with Gasteiger partial charge in [-0.1, -0.05) is 39.6 Å². The molecule has 1 N–H and O–H groups in total. The number of aromatic nitrogens is 1. The van der Waals surface area contributed by atoms with Gasteiger partial charge in [-0.05, 0) is 18.1 Å². The molecule has 0 amide bonds. The molecular weight excluding hydrogens is 205 g/mol. The second-order valence-corrected chi connectivity index (χ2v) is 4.01. The molecule has 0 saturated heterocycles. The minimum atomic E-state index is 0.742. The van der Waals surface area contributed by atoms with Crippen molar-refractivity contribution in [3.05, 3.63) is 41.5 Å². The van der Waals surface area contributed by atoms with Crippen molar-refractivity contribution in [3.63, 3.8) is 0 Å². The van der Waals surface area contributed by atoms with Crippen LogP contribution >= 0.6 is 9.24 Å². The minimum absolute atomic E-state index is 0.742. The average molecular weight is 217 g/mol. The maximum atomic E-state index is 11.0. The van der Waals surface area contributed by atoms with Crippen LogP contribution in [0.2, 0.25) is 0 Å². The van der Waals surface area contributed by atoms with Crippen molar-refractivity contribution in [1.29, 1.82) is 0 Å². The summed E-state index contributed by atoms with van der Waals surface area (Å²) < 4.78 is 0. The molecule has 0 aliphatic carbocycles. The number of hydrogen-bond acceptors (Lipinski definition) is 1. The number of H-pyrrole nitrogens is 1. The molecule has 76 valence electrons. The monoisotopic (exact) mass is 217 g/mol. The molecule has 2 rings (SSSR count). The van der Waals surface area contributed by atoms with E-state index in [1.54, 1.807) is 0 Å². The van der Waals surface area contributed by atoms with Crippen LogP contribution in [0.5, 0.6) is 0 Å². The number of benzene rings is 1. The zero-order valence-corrected chi connectivity index (χ0v) is 9.60. The summed E-state index contributed by atoms with van der Waals surface area (Å²) in [6, 6.07) is 9.86. The number of aromatic amines is 1. The van der Waals surface area contributed by atoms with Gasteiger partial charge in [0, 0.05) is 11.0 Å². The van der Waals surface area contributed by atoms with E-state index in [1.165, 1.54) is 0 Å². The third kappa shape index (κ3) is 1.73. The number of carbonyl (C=O) groups is 1. The molecule has 0 bridgehead atoms. The molecule has 1 heterocycles. The van der Waals surface area contributed by atoms with Gasteiger partial charge in [0.1, 0.15) is 0 Å². The first-order chi connectivity index (χ1) is 7.24. The van der Waals surface area contributed by atoms with Gasteiger partial charge >= 0.3 is 0 Å². The highest BCUT2D eigenvalue weighted by molar-refractivity contribution is 7.27. The zero-order chi connectivity index (χ0) is 10.8. The van der Waals surface area contributed by atoms with E-state index in [-0.39, 0.29) is 0 Å². The number of nitrogens with one attached hydrogen (secondary N) is 1. The van der Waals surface area contributed by atoms with Gasteiger partial charge in [0.05, 0.1) is 5.69 Å². The third-order valence-electron chi connectivity index (χ3n) is 2.52. The Kier molecular flexibility index (Phi) is 2.70. The van der Waals surface area contributed by atoms with Crippen LogP contribution in [-0.4, -0.2) is 11.3 Å². The molecule has 0 fully saturated rings. The van der Waals surface area contributed by atoms with E-state index in [2.05, 4.69) is 14.2 Å². The van der Waals surface area contributed by atoms with Gasteiger partial charge in [-0.2, -0.15) is 0 Å². The summed E-state index contributed by atoms with van der Waals surface area (Å²) in [5.41, 5.74) is 4.64. The first kappa shape index (κ1) is 10.1. The Balaban J connectivity index is 2.63. The largest absolute Gasteiger partial charge is 0.354 e. The lowest BCUT2D eigenvalue weighted by Gasteiger charge is -1.98. The molecule has 0 radical (unpaired) electrons. The lowest BCUT2D eigenvalue weighted by Crippen LogP contribution is -1.93. The first-order valence-electron chi connectivity index (χ1n) is 4.72. The Morgan fingerprint density at radius 3 is 2.53 bits per heavy atom. The fourth-order valence-corrected chi connectivity index (χ4v) is 1.91. The van der Waals surface area contributed by atoms with Crippen molar-refractivity contribution in [2.45, 2.75) is 6.92 Å². The minimum Gasteiger partial charge on any atom is -0.354 e. The van der Waals surface area contributed by atoms with Crippen molar-refractivity contribution in [1.82, 2.24) is 4.98 Å². The van der Waals surface area contributed by atoms with Crippen LogP contribution in [0.1, 0.15) is 15.9 Å². The summed E-state index contributed by atoms with van der Waals surface area (Å²) in [7, 11) is 2.61. The van der Waals surface area contributed by atoms with E-state index in [1.807, 2.05) is 37.3 Å². The molecule has 0 saturated carbocycles. The zero-order valence-electron chi connectivity index (χ0n) is 8.45. The molecule has 2 aromatic rings. The average Bonchev–Trinajstić information content (AvgIpc) is 2.56. The Morgan fingerprint density at radius 1 is 1.27 bits per heavy atom. The Morgan fingerprint density at radius 2 is 1.93 bits per heavy atom. The van der Waals surface area contributed by atoms with Crippen molar-refractivity contribution < 1.29 is 4.79 Å². The van der Waals surface area contributed by atoms with Crippen LogP contribution in [0.3, 0.4) is 0 Å². The van der Waals surface area contributed by atoms with Crippen LogP contribution in [0.15, 0.2) is 30.3 Å². The maximum Gasteiger partial charge on any atom is 0.152 e. The smallest absolute Gasteiger partial charge is 0.152 e. The van der Waals surface area contributed by atoms with E-state index in [0.29, 0.717) is 0 Å². The highest BCUT2D eigenvalue weighted by Gasteiger charge is 2.11. The van der Waals surface area contributed by atoms with Crippen molar-refractivity contribution in [2.75, 3.05) is 0 Å². The van der Waals surface area contributed by atoms with Crippen LogP contribution in [0.25, 0.3) is 11.3 Å². The third-order valence-corrected chi connectivity index (χ3v) is 3.09. The standard InChI is InChI=1S/C12H12NOP/c1-8-10(7-14)11(13-12(8)15)9-5-3-2-4-6-9/h2-7,13H,15H2,1H3. The summed E-state index contributed by atoms with van der Waals surface area (Å²) in [6.45, 7) is 1.94. The highest BCUT2D eigenvalue weighted by atomic mass is 31.0. The number of rotatable bonds is 2. The molecule has 3 heteroatoms. The van der Waals surface area contributed by atoms with Crippen LogP contribution in [0, 0.1) is 6.92 Å².